The van der Waals surface area contributed by atoms with Crippen LogP contribution in [0.1, 0.15) is 49.3 Å². The number of hydrogen-bond acceptors (Lipinski definition) is 4. The standard InChI is InChI=1S/C19H30N4O3/c1-13(2)9-16-10-17(22-21-16)18(24)20-11-14-3-6-23(7-4-14)19(25)15-5-8-26-12-15/h10,13-15H,3-9,11-12H2,1-2H3,(H,20,24)(H,21,22). The molecule has 2 aliphatic heterocycles. The van der Waals surface area contributed by atoms with Gasteiger partial charge in [0, 0.05) is 31.9 Å². The lowest BCUT2D eigenvalue weighted by molar-refractivity contribution is -0.136. The average molecular weight is 362 g/mol. The Bertz CT molecular complexity index is 614. The fraction of sp³-hybridized carbons (Fsp3) is 0.737. The molecule has 144 valence electrons. The van der Waals surface area contributed by atoms with Crippen molar-refractivity contribution in [3.63, 3.8) is 0 Å². The van der Waals surface area contributed by atoms with Crippen LogP contribution in [0.15, 0.2) is 6.07 Å². The minimum Gasteiger partial charge on any atom is -0.381 e. The third-order valence-corrected chi connectivity index (χ3v) is 5.25. The van der Waals surface area contributed by atoms with Gasteiger partial charge in [0.2, 0.25) is 5.91 Å². The van der Waals surface area contributed by atoms with Crippen LogP contribution in [0, 0.1) is 17.8 Å². The Balaban J connectivity index is 1.40. The quantitative estimate of drug-likeness (QED) is 0.805. The topological polar surface area (TPSA) is 87.3 Å². The van der Waals surface area contributed by atoms with E-state index >= 15 is 0 Å². The van der Waals surface area contributed by atoms with E-state index in [1.807, 2.05) is 11.0 Å². The number of amides is 2. The van der Waals surface area contributed by atoms with Gasteiger partial charge in [-0.3, -0.25) is 14.7 Å². The van der Waals surface area contributed by atoms with Crippen molar-refractivity contribution >= 4 is 11.8 Å². The molecule has 1 atom stereocenters. The molecule has 3 rings (SSSR count). The number of rotatable bonds is 6. The van der Waals surface area contributed by atoms with Crippen molar-refractivity contribution in [1.29, 1.82) is 0 Å². The number of carbonyl (C=O) groups is 2. The maximum absolute atomic E-state index is 12.4. The van der Waals surface area contributed by atoms with Crippen LogP contribution >= 0.6 is 0 Å². The summed E-state index contributed by atoms with van der Waals surface area (Å²) in [5.74, 6) is 1.09. The van der Waals surface area contributed by atoms with Crippen LogP contribution < -0.4 is 5.32 Å². The molecule has 2 fully saturated rings. The molecule has 1 aromatic heterocycles. The minimum atomic E-state index is -0.127. The summed E-state index contributed by atoms with van der Waals surface area (Å²) in [6, 6.07) is 1.83. The maximum Gasteiger partial charge on any atom is 0.271 e. The Morgan fingerprint density at radius 2 is 2.12 bits per heavy atom. The van der Waals surface area contributed by atoms with Gasteiger partial charge in [-0.05, 0) is 43.6 Å². The Hall–Kier alpha value is -1.89. The van der Waals surface area contributed by atoms with Gasteiger partial charge < -0.3 is 15.0 Å². The lowest BCUT2D eigenvalue weighted by Gasteiger charge is -2.33. The molecule has 2 amide bonds. The molecular weight excluding hydrogens is 332 g/mol. The summed E-state index contributed by atoms with van der Waals surface area (Å²) in [5, 5.41) is 10.0. The second kappa shape index (κ2) is 8.66. The number of aromatic amines is 1. The van der Waals surface area contributed by atoms with Gasteiger partial charge in [0.15, 0.2) is 0 Å². The molecule has 0 bridgehead atoms. The molecule has 2 N–H and O–H groups in total. The van der Waals surface area contributed by atoms with Crippen LogP contribution in [-0.4, -0.2) is 59.8 Å². The number of carbonyl (C=O) groups excluding carboxylic acids is 2. The van der Waals surface area contributed by atoms with E-state index in [2.05, 4.69) is 29.4 Å². The zero-order valence-corrected chi connectivity index (χ0v) is 15.8. The van der Waals surface area contributed by atoms with E-state index in [0.29, 0.717) is 37.3 Å². The molecule has 26 heavy (non-hydrogen) atoms. The van der Waals surface area contributed by atoms with Gasteiger partial charge in [-0.15, -0.1) is 0 Å². The van der Waals surface area contributed by atoms with E-state index in [9.17, 15) is 9.59 Å². The van der Waals surface area contributed by atoms with Gasteiger partial charge in [0.1, 0.15) is 5.69 Å². The van der Waals surface area contributed by atoms with E-state index < -0.39 is 0 Å². The summed E-state index contributed by atoms with van der Waals surface area (Å²) in [5.41, 5.74) is 1.45. The van der Waals surface area contributed by atoms with E-state index in [1.54, 1.807) is 0 Å². The van der Waals surface area contributed by atoms with Gasteiger partial charge in [-0.25, -0.2) is 0 Å². The highest BCUT2D eigenvalue weighted by molar-refractivity contribution is 5.92. The van der Waals surface area contributed by atoms with Crippen molar-refractivity contribution in [2.75, 3.05) is 32.8 Å². The normalized spacial score (nSPS) is 21.3. The Labute approximate surface area is 154 Å². The van der Waals surface area contributed by atoms with Gasteiger partial charge in [0.25, 0.3) is 5.91 Å². The van der Waals surface area contributed by atoms with Crippen molar-refractivity contribution in [3.8, 4) is 0 Å². The molecule has 3 heterocycles. The SMILES string of the molecule is CC(C)Cc1cc(C(=O)NCC2CCN(C(=O)C3CCOC3)CC2)n[nH]1. The minimum absolute atomic E-state index is 0.0472. The first-order chi connectivity index (χ1) is 12.5. The molecule has 1 aromatic rings. The fourth-order valence-corrected chi connectivity index (χ4v) is 3.69. The molecule has 7 heteroatoms. The lowest BCUT2D eigenvalue weighted by atomic mass is 9.95. The van der Waals surface area contributed by atoms with Crippen LogP contribution in [0.5, 0.6) is 0 Å². The van der Waals surface area contributed by atoms with Gasteiger partial charge in [-0.2, -0.15) is 5.10 Å². The van der Waals surface area contributed by atoms with Crippen LogP contribution in [0.2, 0.25) is 0 Å². The number of ether oxygens (including phenoxy) is 1. The molecule has 0 spiro atoms. The third kappa shape index (κ3) is 4.84. The molecule has 2 saturated heterocycles. The zero-order chi connectivity index (χ0) is 18.5. The summed E-state index contributed by atoms with van der Waals surface area (Å²) in [6.07, 6.45) is 3.59. The van der Waals surface area contributed by atoms with Crippen molar-refractivity contribution < 1.29 is 14.3 Å². The summed E-state index contributed by atoms with van der Waals surface area (Å²) in [7, 11) is 0. The number of H-pyrrole nitrogens is 1. The van der Waals surface area contributed by atoms with Crippen molar-refractivity contribution in [3.05, 3.63) is 17.5 Å². The highest BCUT2D eigenvalue weighted by Crippen LogP contribution is 2.21. The predicted octanol–water partition coefficient (Wildman–Crippen LogP) is 1.61. The number of piperidine rings is 1. The van der Waals surface area contributed by atoms with Crippen molar-refractivity contribution in [2.45, 2.75) is 39.5 Å². The molecule has 0 aromatic carbocycles. The molecule has 7 nitrogen and oxygen atoms in total. The fourth-order valence-electron chi connectivity index (χ4n) is 3.69. The second-order valence-corrected chi connectivity index (χ2v) is 7.92. The summed E-state index contributed by atoms with van der Waals surface area (Å²) in [6.45, 7) is 7.73. The van der Waals surface area contributed by atoms with Crippen molar-refractivity contribution in [2.24, 2.45) is 17.8 Å². The predicted molar refractivity (Wildman–Crippen MR) is 97.7 cm³/mol. The smallest absolute Gasteiger partial charge is 0.271 e. The van der Waals surface area contributed by atoms with Crippen LogP contribution in [0.4, 0.5) is 0 Å². The number of hydrogen-bond donors (Lipinski definition) is 2. The first-order valence-corrected chi connectivity index (χ1v) is 9.72. The first-order valence-electron chi connectivity index (χ1n) is 9.72. The number of nitrogens with one attached hydrogen (secondary N) is 2. The van der Waals surface area contributed by atoms with Gasteiger partial charge in [0.05, 0.1) is 12.5 Å². The number of likely N-dealkylation sites (tertiary alicyclic amines) is 1. The monoisotopic (exact) mass is 362 g/mol. The molecule has 0 aliphatic carbocycles. The zero-order valence-electron chi connectivity index (χ0n) is 15.8. The average Bonchev–Trinajstić information content (AvgIpc) is 3.31. The van der Waals surface area contributed by atoms with Gasteiger partial charge in [-0.1, -0.05) is 13.8 Å². The summed E-state index contributed by atoms with van der Waals surface area (Å²) in [4.78, 5) is 26.6. The van der Waals surface area contributed by atoms with Gasteiger partial charge >= 0.3 is 0 Å². The number of nitrogens with zero attached hydrogens (tertiary/aromatic N) is 2. The van der Waals surface area contributed by atoms with Crippen LogP contribution in [0.25, 0.3) is 0 Å². The Morgan fingerprint density at radius 1 is 1.35 bits per heavy atom. The number of aromatic nitrogens is 2. The van der Waals surface area contributed by atoms with Crippen molar-refractivity contribution in [1.82, 2.24) is 20.4 Å². The molecule has 2 aliphatic rings. The van der Waals surface area contributed by atoms with E-state index in [4.69, 9.17) is 4.74 Å². The largest absolute Gasteiger partial charge is 0.381 e. The second-order valence-electron chi connectivity index (χ2n) is 7.92. The third-order valence-electron chi connectivity index (χ3n) is 5.25. The first kappa shape index (κ1) is 18.9. The highest BCUT2D eigenvalue weighted by Gasteiger charge is 2.30. The molecule has 1 unspecified atom stereocenters. The molecule has 0 radical (unpaired) electrons. The molecule has 0 saturated carbocycles. The van der Waals surface area contributed by atoms with Crippen LogP contribution in [0.3, 0.4) is 0 Å². The maximum atomic E-state index is 12.4. The molecular formula is C19H30N4O3. The van der Waals surface area contributed by atoms with E-state index in [0.717, 1.165) is 44.5 Å². The van der Waals surface area contributed by atoms with Crippen LogP contribution in [-0.2, 0) is 16.0 Å². The lowest BCUT2D eigenvalue weighted by Crippen LogP contribution is -2.44. The van der Waals surface area contributed by atoms with E-state index in [-0.39, 0.29) is 17.7 Å². The summed E-state index contributed by atoms with van der Waals surface area (Å²) < 4.78 is 5.32. The summed E-state index contributed by atoms with van der Waals surface area (Å²) >= 11 is 0. The van der Waals surface area contributed by atoms with E-state index in [1.165, 1.54) is 0 Å². The Morgan fingerprint density at radius 3 is 2.77 bits per heavy atom. The Kier molecular flexibility index (Phi) is 6.29. The highest BCUT2D eigenvalue weighted by atomic mass is 16.5.